The van der Waals surface area contributed by atoms with Crippen LogP contribution in [0, 0.1) is 5.41 Å². The highest BCUT2D eigenvalue weighted by Crippen LogP contribution is 2.49. The smallest absolute Gasteiger partial charge is 0.139 e. The molecular formula is C15H18N4O. The van der Waals surface area contributed by atoms with Crippen LogP contribution in [-0.2, 0) is 0 Å². The van der Waals surface area contributed by atoms with Crippen LogP contribution in [-0.4, -0.2) is 36.2 Å². The Balaban J connectivity index is 1.64. The number of ether oxygens (including phenoxy) is 1. The molecule has 5 nitrogen and oxygen atoms in total. The molecule has 5 heteroatoms. The molecule has 2 aromatic rings. The summed E-state index contributed by atoms with van der Waals surface area (Å²) in [4.78, 5) is 11.1. The van der Waals surface area contributed by atoms with Gasteiger partial charge < -0.3 is 15.4 Å². The molecular weight excluding hydrogens is 252 g/mol. The molecule has 0 radical (unpaired) electrons. The monoisotopic (exact) mass is 270 g/mol. The standard InChI is InChI=1S/C15H18N4O/c1-20-11-2-3-12-13(4-11)17-9-18-14(12)19-7-15(8-19)5-10(16)6-15/h2-4,9-10H,5-8,16H2,1H3. The van der Waals surface area contributed by atoms with E-state index in [1.165, 1.54) is 0 Å². The fourth-order valence-electron chi connectivity index (χ4n) is 3.63. The van der Waals surface area contributed by atoms with Gasteiger partial charge >= 0.3 is 0 Å². The van der Waals surface area contributed by atoms with Gasteiger partial charge in [-0.15, -0.1) is 0 Å². The van der Waals surface area contributed by atoms with Gasteiger partial charge in [0, 0.05) is 36.0 Å². The topological polar surface area (TPSA) is 64.3 Å². The molecule has 1 aromatic heterocycles. The molecule has 0 atom stereocenters. The quantitative estimate of drug-likeness (QED) is 0.897. The lowest BCUT2D eigenvalue weighted by atomic mass is 9.61. The van der Waals surface area contributed by atoms with E-state index in [2.05, 4.69) is 14.9 Å². The van der Waals surface area contributed by atoms with Crippen LogP contribution in [0.5, 0.6) is 5.75 Å². The number of nitrogens with two attached hydrogens (primary N) is 1. The third kappa shape index (κ3) is 1.66. The Morgan fingerprint density at radius 2 is 2.10 bits per heavy atom. The zero-order valence-electron chi connectivity index (χ0n) is 11.5. The maximum atomic E-state index is 5.91. The molecule has 2 heterocycles. The van der Waals surface area contributed by atoms with Gasteiger partial charge in [-0.3, -0.25) is 0 Å². The van der Waals surface area contributed by atoms with Gasteiger partial charge in [0.15, 0.2) is 0 Å². The summed E-state index contributed by atoms with van der Waals surface area (Å²) in [5, 5.41) is 1.09. The number of aromatic nitrogens is 2. The van der Waals surface area contributed by atoms with Gasteiger partial charge in [-0.2, -0.15) is 0 Å². The van der Waals surface area contributed by atoms with Crippen LogP contribution in [0.3, 0.4) is 0 Å². The van der Waals surface area contributed by atoms with E-state index in [1.807, 2.05) is 18.2 Å². The Morgan fingerprint density at radius 3 is 2.80 bits per heavy atom. The molecule has 104 valence electrons. The molecule has 1 spiro atoms. The Hall–Kier alpha value is -1.88. The maximum Gasteiger partial charge on any atom is 0.139 e. The Kier molecular flexibility index (Phi) is 2.41. The summed E-state index contributed by atoms with van der Waals surface area (Å²) in [6.07, 6.45) is 3.94. The van der Waals surface area contributed by atoms with Crippen molar-refractivity contribution in [2.75, 3.05) is 25.1 Å². The van der Waals surface area contributed by atoms with Crippen molar-refractivity contribution < 1.29 is 4.74 Å². The fourth-order valence-corrected chi connectivity index (χ4v) is 3.63. The molecule has 2 aliphatic rings. The number of hydrogen-bond donors (Lipinski definition) is 1. The van der Waals surface area contributed by atoms with Crippen molar-refractivity contribution in [2.24, 2.45) is 11.1 Å². The summed E-state index contributed by atoms with van der Waals surface area (Å²) >= 11 is 0. The van der Waals surface area contributed by atoms with Crippen LogP contribution in [0.1, 0.15) is 12.8 Å². The molecule has 4 rings (SSSR count). The SMILES string of the molecule is COc1ccc2c(N3CC4(CC(N)C4)C3)ncnc2c1. The summed E-state index contributed by atoms with van der Waals surface area (Å²) in [5.74, 6) is 1.86. The molecule has 0 bridgehead atoms. The predicted octanol–water partition coefficient (Wildman–Crippen LogP) is 1.57. The minimum Gasteiger partial charge on any atom is -0.497 e. The van der Waals surface area contributed by atoms with Crippen molar-refractivity contribution in [1.82, 2.24) is 9.97 Å². The Labute approximate surface area is 117 Å². The summed E-state index contributed by atoms with van der Waals surface area (Å²) in [6.45, 7) is 2.14. The first-order valence-electron chi connectivity index (χ1n) is 6.98. The van der Waals surface area contributed by atoms with E-state index >= 15 is 0 Å². The number of fused-ring (bicyclic) bond motifs is 1. The minimum atomic E-state index is 0.406. The van der Waals surface area contributed by atoms with Crippen LogP contribution >= 0.6 is 0 Å². The van der Waals surface area contributed by atoms with E-state index in [4.69, 9.17) is 10.5 Å². The zero-order chi connectivity index (χ0) is 13.7. The highest BCUT2D eigenvalue weighted by molar-refractivity contribution is 5.90. The lowest BCUT2D eigenvalue weighted by molar-refractivity contribution is 0.0661. The van der Waals surface area contributed by atoms with Gasteiger partial charge in [-0.1, -0.05) is 0 Å². The number of anilines is 1. The number of hydrogen-bond acceptors (Lipinski definition) is 5. The van der Waals surface area contributed by atoms with E-state index < -0.39 is 0 Å². The van der Waals surface area contributed by atoms with Crippen LogP contribution in [0.25, 0.3) is 10.9 Å². The average molecular weight is 270 g/mol. The van der Waals surface area contributed by atoms with Gasteiger partial charge in [0.25, 0.3) is 0 Å². The lowest BCUT2D eigenvalue weighted by Crippen LogP contribution is -2.65. The van der Waals surface area contributed by atoms with Crippen LogP contribution < -0.4 is 15.4 Å². The van der Waals surface area contributed by atoms with E-state index in [9.17, 15) is 0 Å². The fraction of sp³-hybridized carbons (Fsp3) is 0.467. The van der Waals surface area contributed by atoms with E-state index in [1.54, 1.807) is 13.4 Å². The molecule has 1 aliphatic carbocycles. The van der Waals surface area contributed by atoms with Crippen molar-refractivity contribution in [3.8, 4) is 5.75 Å². The molecule has 0 unspecified atom stereocenters. The molecule has 1 aromatic carbocycles. The first kappa shape index (κ1) is 11.9. The molecule has 1 saturated carbocycles. The van der Waals surface area contributed by atoms with Crippen molar-refractivity contribution in [1.29, 1.82) is 0 Å². The van der Waals surface area contributed by atoms with E-state index in [0.717, 1.165) is 48.4 Å². The molecule has 1 saturated heterocycles. The number of nitrogens with zero attached hydrogens (tertiary/aromatic N) is 3. The van der Waals surface area contributed by atoms with E-state index in [0.29, 0.717) is 11.5 Å². The summed E-state index contributed by atoms with van der Waals surface area (Å²) in [7, 11) is 1.67. The predicted molar refractivity (Wildman–Crippen MR) is 77.9 cm³/mol. The number of benzene rings is 1. The first-order valence-corrected chi connectivity index (χ1v) is 6.98. The first-order chi connectivity index (χ1) is 9.69. The summed E-state index contributed by atoms with van der Waals surface area (Å²) in [6, 6.07) is 6.36. The van der Waals surface area contributed by atoms with Gasteiger partial charge in [-0.25, -0.2) is 9.97 Å². The lowest BCUT2D eigenvalue weighted by Gasteiger charge is -2.58. The normalized spacial score (nSPS) is 20.8. The van der Waals surface area contributed by atoms with Gasteiger partial charge in [0.2, 0.25) is 0 Å². The molecule has 2 fully saturated rings. The molecule has 0 amide bonds. The summed E-state index contributed by atoms with van der Waals surface area (Å²) in [5.41, 5.74) is 7.30. The second-order valence-corrected chi connectivity index (χ2v) is 6.10. The van der Waals surface area contributed by atoms with Crippen LogP contribution in [0.15, 0.2) is 24.5 Å². The van der Waals surface area contributed by atoms with Gasteiger partial charge in [0.1, 0.15) is 17.9 Å². The molecule has 2 N–H and O–H groups in total. The van der Waals surface area contributed by atoms with Crippen LogP contribution in [0.2, 0.25) is 0 Å². The van der Waals surface area contributed by atoms with Crippen molar-refractivity contribution in [3.05, 3.63) is 24.5 Å². The zero-order valence-corrected chi connectivity index (χ0v) is 11.5. The third-order valence-corrected chi connectivity index (χ3v) is 4.57. The average Bonchev–Trinajstić information content (AvgIpc) is 2.40. The van der Waals surface area contributed by atoms with Crippen molar-refractivity contribution >= 4 is 16.7 Å². The van der Waals surface area contributed by atoms with Gasteiger partial charge in [0.05, 0.1) is 12.6 Å². The van der Waals surface area contributed by atoms with Crippen LogP contribution in [0.4, 0.5) is 5.82 Å². The minimum absolute atomic E-state index is 0.406. The Bertz CT molecular complexity index is 658. The largest absolute Gasteiger partial charge is 0.497 e. The Morgan fingerprint density at radius 1 is 1.30 bits per heavy atom. The number of methoxy groups -OCH3 is 1. The molecule has 20 heavy (non-hydrogen) atoms. The summed E-state index contributed by atoms with van der Waals surface area (Å²) < 4.78 is 5.25. The highest BCUT2D eigenvalue weighted by Gasteiger charge is 2.51. The highest BCUT2D eigenvalue weighted by atomic mass is 16.5. The second kappa shape index (κ2) is 4.06. The molecule has 1 aliphatic heterocycles. The van der Waals surface area contributed by atoms with Crippen molar-refractivity contribution in [2.45, 2.75) is 18.9 Å². The van der Waals surface area contributed by atoms with E-state index in [-0.39, 0.29) is 0 Å². The maximum absolute atomic E-state index is 5.91. The van der Waals surface area contributed by atoms with Gasteiger partial charge in [-0.05, 0) is 25.0 Å². The second-order valence-electron chi connectivity index (χ2n) is 6.10. The third-order valence-electron chi connectivity index (χ3n) is 4.57. The van der Waals surface area contributed by atoms with Crippen molar-refractivity contribution in [3.63, 3.8) is 0 Å². The number of rotatable bonds is 2.